The minimum atomic E-state index is -0.899. The third-order valence-electron chi connectivity index (χ3n) is 2.98. The lowest BCUT2D eigenvalue weighted by atomic mass is 10.2. The quantitative estimate of drug-likeness (QED) is 0.356. The molecule has 8 heteroatoms. The van der Waals surface area contributed by atoms with Crippen LogP contribution in [0.3, 0.4) is 0 Å². The van der Waals surface area contributed by atoms with Crippen LogP contribution in [0, 0.1) is 11.3 Å². The van der Waals surface area contributed by atoms with Gasteiger partial charge in [-0.05, 0) is 18.6 Å². The van der Waals surface area contributed by atoms with Crippen molar-refractivity contribution in [1.82, 2.24) is 5.32 Å². The molecular weight excluding hydrogens is 314 g/mol. The number of rotatable bonds is 9. The second kappa shape index (κ2) is 9.74. The standard InChI is InChI=1S/C16H19N3O5/c1-23-12-5-6-14(24-2)13(8-12)19-16(22)11(9-17)10-18-7-3-4-15(20)21/h5-6,8,10,18H,3-4,7H2,1-2H3,(H,19,22)(H,20,21)/b11-10-. The predicted octanol–water partition coefficient (Wildman–Crippen LogP) is 1.50. The van der Waals surface area contributed by atoms with Crippen molar-refractivity contribution in [2.75, 3.05) is 26.1 Å². The number of carboxylic acid groups (broad SMARTS) is 1. The van der Waals surface area contributed by atoms with Gasteiger partial charge in [0.1, 0.15) is 23.1 Å². The second-order valence-corrected chi connectivity index (χ2v) is 4.64. The summed E-state index contributed by atoms with van der Waals surface area (Å²) in [5.74, 6) is -0.560. The summed E-state index contributed by atoms with van der Waals surface area (Å²) in [6.07, 6.45) is 1.65. The lowest BCUT2D eigenvalue weighted by molar-refractivity contribution is -0.137. The lowest BCUT2D eigenvalue weighted by Crippen LogP contribution is -2.18. The van der Waals surface area contributed by atoms with Crippen molar-refractivity contribution >= 4 is 17.6 Å². The van der Waals surface area contributed by atoms with Crippen LogP contribution in [0.15, 0.2) is 30.0 Å². The topological polar surface area (TPSA) is 121 Å². The Bertz CT molecular complexity index is 664. The number of nitrogens with zero attached hydrogens (tertiary/aromatic N) is 1. The molecule has 24 heavy (non-hydrogen) atoms. The number of anilines is 1. The van der Waals surface area contributed by atoms with Crippen LogP contribution in [0.25, 0.3) is 0 Å². The number of hydrogen-bond donors (Lipinski definition) is 3. The van der Waals surface area contributed by atoms with E-state index in [0.717, 1.165) is 0 Å². The molecule has 1 rings (SSSR count). The van der Waals surface area contributed by atoms with Gasteiger partial charge in [0.25, 0.3) is 5.91 Å². The molecule has 0 radical (unpaired) electrons. The predicted molar refractivity (Wildman–Crippen MR) is 86.7 cm³/mol. The smallest absolute Gasteiger partial charge is 0.303 e. The fourth-order valence-electron chi connectivity index (χ4n) is 1.77. The van der Waals surface area contributed by atoms with Gasteiger partial charge in [-0.25, -0.2) is 0 Å². The number of aliphatic carboxylic acids is 1. The summed E-state index contributed by atoms with van der Waals surface area (Å²) >= 11 is 0. The van der Waals surface area contributed by atoms with Gasteiger partial charge in [0.05, 0.1) is 19.9 Å². The summed E-state index contributed by atoms with van der Waals surface area (Å²) in [6, 6.07) is 6.67. The number of benzene rings is 1. The highest BCUT2D eigenvalue weighted by atomic mass is 16.5. The Morgan fingerprint density at radius 1 is 1.33 bits per heavy atom. The van der Waals surface area contributed by atoms with Crippen molar-refractivity contribution < 1.29 is 24.2 Å². The van der Waals surface area contributed by atoms with E-state index in [1.165, 1.54) is 20.4 Å². The van der Waals surface area contributed by atoms with Gasteiger partial charge in [-0.2, -0.15) is 5.26 Å². The van der Waals surface area contributed by atoms with Crippen molar-refractivity contribution in [3.05, 3.63) is 30.0 Å². The fraction of sp³-hybridized carbons (Fsp3) is 0.312. The van der Waals surface area contributed by atoms with Crippen molar-refractivity contribution in [2.45, 2.75) is 12.8 Å². The van der Waals surface area contributed by atoms with E-state index in [4.69, 9.17) is 19.8 Å². The number of amides is 1. The molecule has 0 aliphatic heterocycles. The number of carboxylic acids is 1. The Morgan fingerprint density at radius 2 is 2.08 bits per heavy atom. The van der Waals surface area contributed by atoms with E-state index in [1.807, 2.05) is 0 Å². The summed E-state index contributed by atoms with van der Waals surface area (Å²) in [6.45, 7) is 0.341. The number of nitrogens with one attached hydrogen (secondary N) is 2. The average Bonchev–Trinajstić information content (AvgIpc) is 2.57. The Hall–Kier alpha value is -3.21. The Kier molecular flexibility index (Phi) is 7.64. The van der Waals surface area contributed by atoms with Gasteiger partial charge in [-0.3, -0.25) is 9.59 Å². The zero-order chi connectivity index (χ0) is 17.9. The second-order valence-electron chi connectivity index (χ2n) is 4.64. The number of ether oxygens (including phenoxy) is 2. The zero-order valence-corrected chi connectivity index (χ0v) is 13.5. The minimum Gasteiger partial charge on any atom is -0.497 e. The summed E-state index contributed by atoms with van der Waals surface area (Å²) in [5, 5.41) is 22.9. The van der Waals surface area contributed by atoms with Gasteiger partial charge in [0, 0.05) is 25.2 Å². The molecular formula is C16H19N3O5. The number of carbonyl (C=O) groups excluding carboxylic acids is 1. The zero-order valence-electron chi connectivity index (χ0n) is 13.5. The van der Waals surface area contributed by atoms with Crippen molar-refractivity contribution in [3.8, 4) is 17.6 Å². The first-order chi connectivity index (χ1) is 11.5. The molecule has 0 atom stereocenters. The fourth-order valence-corrected chi connectivity index (χ4v) is 1.77. The molecule has 8 nitrogen and oxygen atoms in total. The number of methoxy groups -OCH3 is 2. The molecule has 0 heterocycles. The highest BCUT2D eigenvalue weighted by Crippen LogP contribution is 2.29. The van der Waals surface area contributed by atoms with Crippen LogP contribution in [-0.4, -0.2) is 37.7 Å². The van der Waals surface area contributed by atoms with Gasteiger partial charge in [0.2, 0.25) is 0 Å². The van der Waals surface area contributed by atoms with Crippen LogP contribution in [0.1, 0.15) is 12.8 Å². The number of hydrogen-bond acceptors (Lipinski definition) is 6. The van der Waals surface area contributed by atoms with E-state index in [0.29, 0.717) is 30.2 Å². The van der Waals surface area contributed by atoms with Gasteiger partial charge in [-0.15, -0.1) is 0 Å². The third-order valence-corrected chi connectivity index (χ3v) is 2.98. The highest BCUT2D eigenvalue weighted by molar-refractivity contribution is 6.07. The first kappa shape index (κ1) is 18.8. The largest absolute Gasteiger partial charge is 0.497 e. The van der Waals surface area contributed by atoms with Crippen LogP contribution >= 0.6 is 0 Å². The third kappa shape index (κ3) is 5.88. The van der Waals surface area contributed by atoms with Gasteiger partial charge in [0.15, 0.2) is 0 Å². The van der Waals surface area contributed by atoms with E-state index < -0.39 is 11.9 Å². The summed E-state index contributed by atoms with van der Waals surface area (Å²) in [4.78, 5) is 22.5. The molecule has 0 aliphatic carbocycles. The molecule has 0 aliphatic rings. The van der Waals surface area contributed by atoms with Crippen LogP contribution in [0.5, 0.6) is 11.5 Å². The van der Waals surface area contributed by atoms with Crippen LogP contribution in [0.2, 0.25) is 0 Å². The van der Waals surface area contributed by atoms with Crippen molar-refractivity contribution in [1.29, 1.82) is 5.26 Å². The maximum atomic E-state index is 12.2. The van der Waals surface area contributed by atoms with Crippen LogP contribution < -0.4 is 20.1 Å². The molecule has 0 aromatic heterocycles. The van der Waals surface area contributed by atoms with Crippen LogP contribution in [0.4, 0.5) is 5.69 Å². The Morgan fingerprint density at radius 3 is 2.67 bits per heavy atom. The lowest BCUT2D eigenvalue weighted by Gasteiger charge is -2.11. The maximum absolute atomic E-state index is 12.2. The highest BCUT2D eigenvalue weighted by Gasteiger charge is 2.13. The SMILES string of the molecule is COc1ccc(OC)c(NC(=O)/C(C#N)=C\NCCCC(=O)O)c1. The van der Waals surface area contributed by atoms with E-state index in [-0.39, 0.29) is 12.0 Å². The molecule has 128 valence electrons. The van der Waals surface area contributed by atoms with Crippen molar-refractivity contribution in [3.63, 3.8) is 0 Å². The van der Waals surface area contributed by atoms with Crippen LogP contribution in [-0.2, 0) is 9.59 Å². The van der Waals surface area contributed by atoms with Gasteiger partial charge >= 0.3 is 5.97 Å². The molecule has 0 unspecified atom stereocenters. The average molecular weight is 333 g/mol. The van der Waals surface area contributed by atoms with Gasteiger partial charge < -0.3 is 25.2 Å². The molecule has 0 spiro atoms. The summed E-state index contributed by atoms with van der Waals surface area (Å²) < 4.78 is 10.2. The van der Waals surface area contributed by atoms with E-state index in [2.05, 4.69) is 10.6 Å². The van der Waals surface area contributed by atoms with Gasteiger partial charge in [-0.1, -0.05) is 0 Å². The normalized spacial score (nSPS) is 10.5. The first-order valence-corrected chi connectivity index (χ1v) is 7.10. The molecule has 0 bridgehead atoms. The molecule has 0 saturated heterocycles. The minimum absolute atomic E-state index is 0.00985. The molecule has 3 N–H and O–H groups in total. The molecule has 1 aromatic rings. The van der Waals surface area contributed by atoms with E-state index >= 15 is 0 Å². The number of carbonyl (C=O) groups is 2. The summed E-state index contributed by atoms with van der Waals surface area (Å²) in [7, 11) is 2.96. The first-order valence-electron chi connectivity index (χ1n) is 7.10. The number of nitriles is 1. The Balaban J connectivity index is 2.73. The molecule has 0 saturated carbocycles. The molecule has 0 fully saturated rings. The van der Waals surface area contributed by atoms with Crippen molar-refractivity contribution in [2.24, 2.45) is 0 Å². The Labute approximate surface area is 139 Å². The monoisotopic (exact) mass is 333 g/mol. The molecule has 1 aromatic carbocycles. The van der Waals surface area contributed by atoms with E-state index in [1.54, 1.807) is 24.3 Å². The summed E-state index contributed by atoms with van der Waals surface area (Å²) in [5.41, 5.74) is 0.226. The van der Waals surface area contributed by atoms with E-state index in [9.17, 15) is 9.59 Å². The maximum Gasteiger partial charge on any atom is 0.303 e. The molecule has 1 amide bonds.